The van der Waals surface area contributed by atoms with Gasteiger partial charge in [-0.1, -0.05) is 23.7 Å². The summed E-state index contributed by atoms with van der Waals surface area (Å²) in [5, 5.41) is 10.4. The topological polar surface area (TPSA) is 101 Å². The molecule has 0 aliphatic carbocycles. The lowest BCUT2D eigenvalue weighted by Gasteiger charge is -2.16. The molecule has 1 aliphatic rings. The lowest BCUT2D eigenvalue weighted by molar-refractivity contribution is -0.139. The first-order valence-corrected chi connectivity index (χ1v) is 8.01. The molecule has 2 aromatic rings. The molecule has 9 heteroatoms. The molecule has 0 fully saturated rings. The van der Waals surface area contributed by atoms with Crippen LogP contribution in [-0.2, 0) is 9.53 Å². The SMILES string of the molecule is CCOC(=O)C(=CNc1ccc(Cl)nn1)N1C(=O)c2ccccc2C1=O. The minimum absolute atomic E-state index is 0.0834. The Morgan fingerprint density at radius 1 is 1.15 bits per heavy atom. The quantitative estimate of drug-likeness (QED) is 0.488. The average Bonchev–Trinajstić information content (AvgIpc) is 2.89. The average molecular weight is 373 g/mol. The molecule has 0 saturated carbocycles. The van der Waals surface area contributed by atoms with E-state index in [0.29, 0.717) is 0 Å². The van der Waals surface area contributed by atoms with E-state index in [1.807, 2.05) is 0 Å². The summed E-state index contributed by atoms with van der Waals surface area (Å²) in [7, 11) is 0. The fourth-order valence-corrected chi connectivity index (χ4v) is 2.46. The highest BCUT2D eigenvalue weighted by molar-refractivity contribution is 6.29. The zero-order chi connectivity index (χ0) is 18.7. The summed E-state index contributed by atoms with van der Waals surface area (Å²) in [5.74, 6) is -1.76. The van der Waals surface area contributed by atoms with E-state index in [-0.39, 0.29) is 34.4 Å². The van der Waals surface area contributed by atoms with Crippen molar-refractivity contribution in [3.63, 3.8) is 0 Å². The van der Waals surface area contributed by atoms with Crippen LogP contribution in [0.5, 0.6) is 0 Å². The molecular weight excluding hydrogens is 360 g/mol. The molecular formula is C17H13ClN4O4. The first-order chi connectivity index (χ1) is 12.5. The number of amides is 2. The number of nitrogens with zero attached hydrogens (tertiary/aromatic N) is 3. The molecule has 0 unspecified atom stereocenters. The monoisotopic (exact) mass is 372 g/mol. The third kappa shape index (κ3) is 3.27. The number of anilines is 1. The number of ether oxygens (including phenoxy) is 1. The number of benzene rings is 1. The minimum Gasteiger partial charge on any atom is -0.461 e. The van der Waals surface area contributed by atoms with Gasteiger partial charge in [0, 0.05) is 6.20 Å². The second-order valence-electron chi connectivity index (χ2n) is 5.13. The maximum absolute atomic E-state index is 12.6. The number of carbonyl (C=O) groups is 3. The maximum Gasteiger partial charge on any atom is 0.357 e. The van der Waals surface area contributed by atoms with Crippen molar-refractivity contribution in [2.24, 2.45) is 0 Å². The van der Waals surface area contributed by atoms with Crippen LogP contribution < -0.4 is 5.32 Å². The number of hydrogen-bond acceptors (Lipinski definition) is 7. The Morgan fingerprint density at radius 3 is 2.35 bits per heavy atom. The van der Waals surface area contributed by atoms with Crippen LogP contribution in [0.25, 0.3) is 0 Å². The van der Waals surface area contributed by atoms with E-state index in [0.717, 1.165) is 4.90 Å². The van der Waals surface area contributed by atoms with Crippen LogP contribution in [-0.4, -0.2) is 39.5 Å². The summed E-state index contributed by atoms with van der Waals surface area (Å²) >= 11 is 5.67. The van der Waals surface area contributed by atoms with Gasteiger partial charge in [-0.15, -0.1) is 10.2 Å². The Morgan fingerprint density at radius 2 is 1.81 bits per heavy atom. The van der Waals surface area contributed by atoms with Crippen LogP contribution in [0.3, 0.4) is 0 Å². The lowest BCUT2D eigenvalue weighted by atomic mass is 10.1. The fourth-order valence-electron chi connectivity index (χ4n) is 2.36. The second kappa shape index (κ2) is 7.32. The van der Waals surface area contributed by atoms with E-state index in [9.17, 15) is 14.4 Å². The van der Waals surface area contributed by atoms with Crippen molar-refractivity contribution in [3.05, 3.63) is 64.6 Å². The van der Waals surface area contributed by atoms with Gasteiger partial charge in [0.05, 0.1) is 17.7 Å². The predicted octanol–water partition coefficient (Wildman–Crippen LogP) is 2.24. The van der Waals surface area contributed by atoms with E-state index in [4.69, 9.17) is 16.3 Å². The standard InChI is InChI=1S/C17H13ClN4O4/c1-2-26-17(25)12(9-19-14-8-7-13(18)20-21-14)22-15(23)10-5-3-4-6-11(10)16(22)24/h3-9H,2H2,1H3,(H,19,21). The molecule has 3 rings (SSSR count). The Labute approximate surface area is 153 Å². The van der Waals surface area contributed by atoms with Crippen LogP contribution in [0.1, 0.15) is 27.6 Å². The van der Waals surface area contributed by atoms with Gasteiger partial charge < -0.3 is 10.1 Å². The molecule has 0 radical (unpaired) electrons. The molecule has 1 aromatic heterocycles. The number of hydrogen-bond donors (Lipinski definition) is 1. The van der Waals surface area contributed by atoms with Crippen molar-refractivity contribution in [3.8, 4) is 0 Å². The first-order valence-electron chi connectivity index (χ1n) is 7.63. The highest BCUT2D eigenvalue weighted by Crippen LogP contribution is 2.26. The molecule has 0 atom stereocenters. The highest BCUT2D eigenvalue weighted by Gasteiger charge is 2.40. The minimum atomic E-state index is -0.823. The van der Waals surface area contributed by atoms with Crippen LogP contribution in [0, 0.1) is 0 Å². The Bertz CT molecular complexity index is 876. The number of carbonyl (C=O) groups excluding carboxylic acids is 3. The van der Waals surface area contributed by atoms with Gasteiger partial charge in [0.15, 0.2) is 16.7 Å². The molecule has 1 aromatic carbocycles. The molecule has 2 amide bonds. The molecule has 1 N–H and O–H groups in total. The summed E-state index contributed by atoms with van der Waals surface area (Å²) in [5.41, 5.74) is 0.188. The van der Waals surface area contributed by atoms with E-state index in [1.165, 1.54) is 30.5 Å². The smallest absolute Gasteiger partial charge is 0.357 e. The molecule has 2 heterocycles. The number of imide groups is 1. The molecule has 8 nitrogen and oxygen atoms in total. The number of fused-ring (bicyclic) bond motifs is 1. The molecule has 0 saturated heterocycles. The lowest BCUT2D eigenvalue weighted by Crippen LogP contribution is -2.34. The zero-order valence-corrected chi connectivity index (χ0v) is 14.4. The third-order valence-corrected chi connectivity index (χ3v) is 3.71. The van der Waals surface area contributed by atoms with Crippen molar-refractivity contribution >= 4 is 35.2 Å². The van der Waals surface area contributed by atoms with Crippen LogP contribution >= 0.6 is 11.6 Å². The number of halogens is 1. The summed E-state index contributed by atoms with van der Waals surface area (Å²) in [6, 6.07) is 9.35. The van der Waals surface area contributed by atoms with Gasteiger partial charge in [-0.05, 0) is 31.2 Å². The summed E-state index contributed by atoms with van der Waals surface area (Å²) in [6.07, 6.45) is 1.18. The highest BCUT2D eigenvalue weighted by atomic mass is 35.5. The van der Waals surface area contributed by atoms with Gasteiger partial charge in [-0.2, -0.15) is 0 Å². The fraction of sp³-hybridized carbons (Fsp3) is 0.118. The second-order valence-corrected chi connectivity index (χ2v) is 5.51. The molecule has 26 heavy (non-hydrogen) atoms. The van der Waals surface area contributed by atoms with Gasteiger partial charge in [0.25, 0.3) is 11.8 Å². The van der Waals surface area contributed by atoms with Crippen LogP contribution in [0.2, 0.25) is 5.15 Å². The maximum atomic E-state index is 12.6. The van der Waals surface area contributed by atoms with Gasteiger partial charge >= 0.3 is 5.97 Å². The summed E-state index contributed by atoms with van der Waals surface area (Å²) < 4.78 is 4.97. The van der Waals surface area contributed by atoms with E-state index in [1.54, 1.807) is 19.1 Å². The van der Waals surface area contributed by atoms with Crippen molar-refractivity contribution in [1.29, 1.82) is 0 Å². The van der Waals surface area contributed by atoms with Gasteiger partial charge in [0.1, 0.15) is 0 Å². The largest absolute Gasteiger partial charge is 0.461 e. The van der Waals surface area contributed by atoms with E-state index < -0.39 is 17.8 Å². The normalized spacial score (nSPS) is 13.6. The number of nitrogens with one attached hydrogen (secondary N) is 1. The third-order valence-electron chi connectivity index (χ3n) is 3.51. The molecule has 1 aliphatic heterocycles. The van der Waals surface area contributed by atoms with Crippen LogP contribution in [0.15, 0.2) is 48.3 Å². The van der Waals surface area contributed by atoms with Crippen molar-refractivity contribution in [2.75, 3.05) is 11.9 Å². The number of esters is 1. The molecule has 132 valence electrons. The van der Waals surface area contributed by atoms with Gasteiger partial charge in [0.2, 0.25) is 0 Å². The van der Waals surface area contributed by atoms with Gasteiger partial charge in [-0.3, -0.25) is 9.59 Å². The number of rotatable bonds is 5. The molecule has 0 bridgehead atoms. The Hall–Kier alpha value is -3.26. The van der Waals surface area contributed by atoms with Crippen molar-refractivity contribution < 1.29 is 19.1 Å². The van der Waals surface area contributed by atoms with Crippen molar-refractivity contribution in [1.82, 2.24) is 15.1 Å². The van der Waals surface area contributed by atoms with Crippen LogP contribution in [0.4, 0.5) is 5.82 Å². The zero-order valence-electron chi connectivity index (χ0n) is 13.6. The van der Waals surface area contributed by atoms with E-state index in [2.05, 4.69) is 15.5 Å². The summed E-state index contributed by atoms with van der Waals surface area (Å²) in [6.45, 7) is 1.70. The number of aromatic nitrogens is 2. The van der Waals surface area contributed by atoms with E-state index >= 15 is 0 Å². The van der Waals surface area contributed by atoms with Crippen molar-refractivity contribution in [2.45, 2.75) is 6.92 Å². The Balaban J connectivity index is 1.95. The molecule has 0 spiro atoms. The summed E-state index contributed by atoms with van der Waals surface area (Å²) in [4.78, 5) is 38.3. The first kappa shape index (κ1) is 17.6. The predicted molar refractivity (Wildman–Crippen MR) is 92.3 cm³/mol. The van der Waals surface area contributed by atoms with Gasteiger partial charge in [-0.25, -0.2) is 9.69 Å². The Kier molecular flexibility index (Phi) is 4.94.